The largest absolute Gasteiger partial charge is 0.496 e. The highest BCUT2D eigenvalue weighted by Crippen LogP contribution is 2.30. The first-order valence-corrected chi connectivity index (χ1v) is 5.43. The zero-order valence-electron chi connectivity index (χ0n) is 9.30. The van der Waals surface area contributed by atoms with Crippen molar-refractivity contribution in [3.63, 3.8) is 0 Å². The number of methoxy groups -OCH3 is 1. The van der Waals surface area contributed by atoms with Crippen molar-refractivity contribution >= 4 is 21.9 Å². The Kier molecular flexibility index (Phi) is 6.01. The lowest BCUT2D eigenvalue weighted by Crippen LogP contribution is -2.02. The van der Waals surface area contributed by atoms with Crippen LogP contribution < -0.4 is 4.74 Å². The number of aromatic carboxylic acids is 1. The van der Waals surface area contributed by atoms with Crippen LogP contribution in [-0.4, -0.2) is 18.2 Å². The van der Waals surface area contributed by atoms with Gasteiger partial charge in [-0.3, -0.25) is 0 Å². The highest BCUT2D eigenvalue weighted by molar-refractivity contribution is 9.10. The van der Waals surface area contributed by atoms with Gasteiger partial charge < -0.3 is 9.84 Å². The fraction of sp³-hybridized carbons (Fsp3) is 0.364. The van der Waals surface area contributed by atoms with Crippen LogP contribution in [0.3, 0.4) is 0 Å². The third-order valence-electron chi connectivity index (χ3n) is 1.75. The first kappa shape index (κ1) is 14.0. The van der Waals surface area contributed by atoms with Gasteiger partial charge in [0.15, 0.2) is 0 Å². The second-order valence-electron chi connectivity index (χ2n) is 2.58. The van der Waals surface area contributed by atoms with E-state index in [1.165, 1.54) is 7.11 Å². The molecule has 84 valence electrons. The predicted molar refractivity (Wildman–Crippen MR) is 63.7 cm³/mol. The van der Waals surface area contributed by atoms with Gasteiger partial charge in [0.2, 0.25) is 0 Å². The van der Waals surface area contributed by atoms with Gasteiger partial charge in [0.1, 0.15) is 5.75 Å². The van der Waals surface area contributed by atoms with E-state index in [1.54, 1.807) is 19.1 Å². The van der Waals surface area contributed by atoms with Crippen LogP contribution in [0, 0.1) is 6.92 Å². The lowest BCUT2D eigenvalue weighted by molar-refractivity contribution is 0.0694. The van der Waals surface area contributed by atoms with Gasteiger partial charge in [-0.2, -0.15) is 0 Å². The number of benzene rings is 1. The van der Waals surface area contributed by atoms with Crippen molar-refractivity contribution in [3.8, 4) is 5.75 Å². The van der Waals surface area contributed by atoms with Gasteiger partial charge in [-0.15, -0.1) is 0 Å². The second-order valence-corrected chi connectivity index (χ2v) is 3.37. The molecular weight excluding hydrogens is 260 g/mol. The third kappa shape index (κ3) is 3.23. The molecule has 0 bridgehead atoms. The Labute approximate surface area is 98.2 Å². The summed E-state index contributed by atoms with van der Waals surface area (Å²) in [5.41, 5.74) is 0.958. The molecule has 0 fully saturated rings. The normalized spacial score (nSPS) is 8.87. The number of halogens is 1. The molecule has 0 aliphatic carbocycles. The van der Waals surface area contributed by atoms with Crippen LogP contribution in [0.1, 0.15) is 29.8 Å². The number of aryl methyl sites for hydroxylation is 1. The van der Waals surface area contributed by atoms with Crippen LogP contribution in [-0.2, 0) is 0 Å². The van der Waals surface area contributed by atoms with Crippen molar-refractivity contribution in [1.82, 2.24) is 0 Å². The molecule has 1 rings (SSSR count). The van der Waals surface area contributed by atoms with Crippen LogP contribution in [0.15, 0.2) is 16.6 Å². The average molecular weight is 275 g/mol. The number of hydrogen-bond donors (Lipinski definition) is 1. The molecule has 0 radical (unpaired) electrons. The fourth-order valence-corrected chi connectivity index (χ4v) is 1.85. The monoisotopic (exact) mass is 274 g/mol. The molecule has 0 atom stereocenters. The van der Waals surface area contributed by atoms with Gasteiger partial charge in [0.05, 0.1) is 17.1 Å². The summed E-state index contributed by atoms with van der Waals surface area (Å²) in [4.78, 5) is 10.8. The van der Waals surface area contributed by atoms with E-state index < -0.39 is 5.97 Å². The number of carboxylic acid groups (broad SMARTS) is 1. The molecule has 0 aromatic heterocycles. The summed E-state index contributed by atoms with van der Waals surface area (Å²) in [6, 6.07) is 3.44. The Morgan fingerprint density at radius 1 is 1.40 bits per heavy atom. The van der Waals surface area contributed by atoms with Crippen molar-refractivity contribution in [2.45, 2.75) is 20.8 Å². The molecule has 1 aromatic rings. The van der Waals surface area contributed by atoms with Gasteiger partial charge in [0, 0.05) is 0 Å². The fourth-order valence-electron chi connectivity index (χ4n) is 1.07. The van der Waals surface area contributed by atoms with E-state index >= 15 is 0 Å². The van der Waals surface area contributed by atoms with Gasteiger partial charge >= 0.3 is 5.97 Å². The minimum Gasteiger partial charge on any atom is -0.496 e. The second kappa shape index (κ2) is 6.45. The first-order chi connectivity index (χ1) is 7.07. The number of carboxylic acids is 1. The molecule has 0 saturated carbocycles. The van der Waals surface area contributed by atoms with E-state index in [0.717, 1.165) is 0 Å². The molecule has 1 aromatic carbocycles. The molecule has 0 heterocycles. The molecule has 0 spiro atoms. The maximum Gasteiger partial charge on any atom is 0.337 e. The summed E-state index contributed by atoms with van der Waals surface area (Å²) < 4.78 is 5.47. The number of hydrogen-bond acceptors (Lipinski definition) is 2. The SMILES string of the molecule is CC.COc1ccc(C)c(C(=O)O)c1Br. The summed E-state index contributed by atoms with van der Waals surface area (Å²) in [7, 11) is 1.50. The van der Waals surface area contributed by atoms with Crippen LogP contribution in [0.25, 0.3) is 0 Å². The van der Waals surface area contributed by atoms with Crippen molar-refractivity contribution in [1.29, 1.82) is 0 Å². The van der Waals surface area contributed by atoms with E-state index in [4.69, 9.17) is 9.84 Å². The highest BCUT2D eigenvalue weighted by Gasteiger charge is 2.15. The standard InChI is InChI=1S/C9H9BrO3.C2H6/c1-5-3-4-6(13-2)8(10)7(5)9(11)12;1-2/h3-4H,1-2H3,(H,11,12);1-2H3. The summed E-state index contributed by atoms with van der Waals surface area (Å²) >= 11 is 3.19. The first-order valence-electron chi connectivity index (χ1n) is 4.64. The van der Waals surface area contributed by atoms with Crippen LogP contribution in [0.4, 0.5) is 0 Å². The smallest absolute Gasteiger partial charge is 0.337 e. The van der Waals surface area contributed by atoms with Crippen LogP contribution in [0.5, 0.6) is 5.75 Å². The maximum atomic E-state index is 10.8. The quantitative estimate of drug-likeness (QED) is 0.898. The van der Waals surface area contributed by atoms with E-state index in [0.29, 0.717) is 15.8 Å². The summed E-state index contributed by atoms with van der Waals surface area (Å²) in [6.07, 6.45) is 0. The summed E-state index contributed by atoms with van der Waals surface area (Å²) in [5.74, 6) is -0.425. The van der Waals surface area contributed by atoms with Crippen molar-refractivity contribution in [2.75, 3.05) is 7.11 Å². The lowest BCUT2D eigenvalue weighted by Gasteiger charge is -2.08. The van der Waals surface area contributed by atoms with E-state index in [9.17, 15) is 4.79 Å². The number of carbonyl (C=O) groups is 1. The van der Waals surface area contributed by atoms with Crippen LogP contribution >= 0.6 is 15.9 Å². The zero-order valence-corrected chi connectivity index (χ0v) is 10.9. The molecule has 3 nitrogen and oxygen atoms in total. The maximum absolute atomic E-state index is 10.8. The van der Waals surface area contributed by atoms with Crippen LogP contribution in [0.2, 0.25) is 0 Å². The third-order valence-corrected chi connectivity index (χ3v) is 2.54. The average Bonchev–Trinajstić information content (AvgIpc) is 2.20. The molecule has 0 aliphatic rings. The van der Waals surface area contributed by atoms with Gasteiger partial charge in [-0.05, 0) is 34.5 Å². The van der Waals surface area contributed by atoms with Gasteiger partial charge in [0.25, 0.3) is 0 Å². The Hall–Kier alpha value is -1.03. The topological polar surface area (TPSA) is 46.5 Å². The molecule has 0 amide bonds. The lowest BCUT2D eigenvalue weighted by atomic mass is 10.1. The molecule has 1 N–H and O–H groups in total. The van der Waals surface area contributed by atoms with Crippen molar-refractivity contribution in [3.05, 3.63) is 27.7 Å². The van der Waals surface area contributed by atoms with Gasteiger partial charge in [-0.25, -0.2) is 4.79 Å². The Morgan fingerprint density at radius 3 is 2.33 bits per heavy atom. The number of ether oxygens (including phenoxy) is 1. The summed E-state index contributed by atoms with van der Waals surface area (Å²) in [6.45, 7) is 5.74. The van der Waals surface area contributed by atoms with Crippen molar-refractivity contribution < 1.29 is 14.6 Å². The Bertz CT molecular complexity index is 348. The predicted octanol–water partition coefficient (Wildman–Crippen LogP) is 3.49. The number of rotatable bonds is 2. The van der Waals surface area contributed by atoms with E-state index in [1.807, 2.05) is 13.8 Å². The van der Waals surface area contributed by atoms with E-state index in [-0.39, 0.29) is 5.56 Å². The molecule has 0 aliphatic heterocycles. The van der Waals surface area contributed by atoms with Gasteiger partial charge in [-0.1, -0.05) is 19.9 Å². The zero-order chi connectivity index (χ0) is 12.0. The molecule has 0 unspecified atom stereocenters. The Morgan fingerprint density at radius 2 is 1.93 bits per heavy atom. The Balaban J connectivity index is 0.000000921. The minimum absolute atomic E-state index is 0.249. The summed E-state index contributed by atoms with van der Waals surface area (Å²) in [5, 5.41) is 8.88. The highest BCUT2D eigenvalue weighted by atomic mass is 79.9. The van der Waals surface area contributed by atoms with Crippen molar-refractivity contribution in [2.24, 2.45) is 0 Å². The minimum atomic E-state index is -0.955. The molecule has 0 saturated heterocycles. The molecule has 15 heavy (non-hydrogen) atoms. The molecule has 4 heteroatoms. The molecular formula is C11H15BrO3. The van der Waals surface area contributed by atoms with E-state index in [2.05, 4.69) is 15.9 Å².